The summed E-state index contributed by atoms with van der Waals surface area (Å²) < 4.78 is 0. The van der Waals surface area contributed by atoms with Gasteiger partial charge in [0.05, 0.1) is 0 Å². The van der Waals surface area contributed by atoms with E-state index in [1.807, 2.05) is 54.6 Å². The summed E-state index contributed by atoms with van der Waals surface area (Å²) in [6.45, 7) is 5.24. The van der Waals surface area contributed by atoms with Crippen molar-refractivity contribution in [3.8, 4) is 0 Å². The SMILES string of the molecule is CC1(C)CCC(=CNc2ccc(C(=O)NCc3ccccc3)cc2)CC1. The monoisotopic (exact) mass is 348 g/mol. The highest BCUT2D eigenvalue weighted by Gasteiger charge is 2.23. The van der Waals surface area contributed by atoms with Crippen LogP contribution in [0.25, 0.3) is 0 Å². The molecule has 0 atom stereocenters. The second-order valence-electron chi connectivity index (χ2n) is 7.86. The molecule has 2 aromatic carbocycles. The van der Waals surface area contributed by atoms with E-state index < -0.39 is 0 Å². The van der Waals surface area contributed by atoms with Crippen LogP contribution >= 0.6 is 0 Å². The van der Waals surface area contributed by atoms with Crippen molar-refractivity contribution in [2.24, 2.45) is 5.41 Å². The molecule has 1 aliphatic rings. The summed E-state index contributed by atoms with van der Waals surface area (Å²) in [6, 6.07) is 17.6. The van der Waals surface area contributed by atoms with Gasteiger partial charge in [-0.25, -0.2) is 0 Å². The number of benzene rings is 2. The van der Waals surface area contributed by atoms with Gasteiger partial charge < -0.3 is 10.6 Å². The van der Waals surface area contributed by atoms with Gasteiger partial charge in [-0.3, -0.25) is 4.79 Å². The molecule has 0 radical (unpaired) electrons. The van der Waals surface area contributed by atoms with Crippen molar-refractivity contribution < 1.29 is 4.79 Å². The molecule has 2 aromatic rings. The number of carbonyl (C=O) groups excluding carboxylic acids is 1. The van der Waals surface area contributed by atoms with Gasteiger partial charge in [-0.05, 0) is 60.9 Å². The van der Waals surface area contributed by atoms with Crippen molar-refractivity contribution in [1.82, 2.24) is 5.32 Å². The lowest BCUT2D eigenvalue weighted by molar-refractivity contribution is 0.0951. The Kier molecular flexibility index (Phi) is 5.77. The summed E-state index contributed by atoms with van der Waals surface area (Å²) in [4.78, 5) is 12.3. The number of amides is 1. The second kappa shape index (κ2) is 8.22. The van der Waals surface area contributed by atoms with Gasteiger partial charge in [0, 0.05) is 24.0 Å². The zero-order chi connectivity index (χ0) is 18.4. The van der Waals surface area contributed by atoms with Gasteiger partial charge in [-0.15, -0.1) is 0 Å². The Hall–Kier alpha value is -2.55. The van der Waals surface area contributed by atoms with E-state index in [-0.39, 0.29) is 5.91 Å². The minimum Gasteiger partial charge on any atom is -0.362 e. The van der Waals surface area contributed by atoms with Gasteiger partial charge in [0.25, 0.3) is 5.91 Å². The molecule has 0 aliphatic heterocycles. The van der Waals surface area contributed by atoms with E-state index in [1.54, 1.807) is 0 Å². The highest BCUT2D eigenvalue weighted by molar-refractivity contribution is 5.94. The Labute approximate surface area is 156 Å². The Bertz CT molecular complexity index is 749. The number of rotatable bonds is 5. The molecule has 2 N–H and O–H groups in total. The Morgan fingerprint density at radius 3 is 2.31 bits per heavy atom. The second-order valence-corrected chi connectivity index (χ2v) is 7.86. The van der Waals surface area contributed by atoms with Crippen LogP contribution < -0.4 is 10.6 Å². The summed E-state index contributed by atoms with van der Waals surface area (Å²) in [6.07, 6.45) is 6.97. The molecule has 1 saturated carbocycles. The van der Waals surface area contributed by atoms with Crippen molar-refractivity contribution in [3.63, 3.8) is 0 Å². The molecule has 26 heavy (non-hydrogen) atoms. The Morgan fingerprint density at radius 2 is 1.65 bits per heavy atom. The molecule has 0 saturated heterocycles. The van der Waals surface area contributed by atoms with E-state index >= 15 is 0 Å². The van der Waals surface area contributed by atoms with Crippen molar-refractivity contribution in [3.05, 3.63) is 77.5 Å². The standard InChI is InChI=1S/C23H28N2O/c1-23(2)14-12-19(13-15-23)16-24-21-10-8-20(9-11-21)22(26)25-17-18-6-4-3-5-7-18/h3-11,16,24H,12-15,17H2,1-2H3,(H,25,26). The maximum atomic E-state index is 12.3. The van der Waals surface area contributed by atoms with Gasteiger partial charge in [-0.2, -0.15) is 0 Å². The molecule has 3 rings (SSSR count). The van der Waals surface area contributed by atoms with E-state index in [9.17, 15) is 4.79 Å². The predicted molar refractivity (Wildman–Crippen MR) is 108 cm³/mol. The van der Waals surface area contributed by atoms with Crippen LogP contribution in [0.15, 0.2) is 66.4 Å². The third-order valence-corrected chi connectivity index (χ3v) is 5.13. The fraction of sp³-hybridized carbons (Fsp3) is 0.348. The van der Waals surface area contributed by atoms with Gasteiger partial charge in [0.2, 0.25) is 0 Å². The maximum Gasteiger partial charge on any atom is 0.251 e. The molecule has 0 spiro atoms. The molecular formula is C23H28N2O. The topological polar surface area (TPSA) is 41.1 Å². The fourth-order valence-electron chi connectivity index (χ4n) is 3.18. The quantitative estimate of drug-likeness (QED) is 0.748. The lowest BCUT2D eigenvalue weighted by atomic mass is 9.76. The van der Waals surface area contributed by atoms with E-state index in [0.29, 0.717) is 17.5 Å². The first-order valence-electron chi connectivity index (χ1n) is 9.38. The highest BCUT2D eigenvalue weighted by atomic mass is 16.1. The van der Waals surface area contributed by atoms with Gasteiger partial charge in [-0.1, -0.05) is 49.8 Å². The highest BCUT2D eigenvalue weighted by Crippen LogP contribution is 2.37. The third-order valence-electron chi connectivity index (χ3n) is 5.13. The van der Waals surface area contributed by atoms with Crippen LogP contribution in [-0.4, -0.2) is 5.91 Å². The van der Waals surface area contributed by atoms with Crippen molar-refractivity contribution in [1.29, 1.82) is 0 Å². The third kappa shape index (κ3) is 5.22. The van der Waals surface area contributed by atoms with Crippen LogP contribution in [0.4, 0.5) is 5.69 Å². The first kappa shape index (κ1) is 18.2. The molecule has 0 unspecified atom stereocenters. The van der Waals surface area contributed by atoms with Gasteiger partial charge in [0.1, 0.15) is 0 Å². The molecule has 0 heterocycles. The summed E-state index contributed by atoms with van der Waals surface area (Å²) >= 11 is 0. The number of allylic oxidation sites excluding steroid dienone is 1. The minimum atomic E-state index is -0.0479. The summed E-state index contributed by atoms with van der Waals surface area (Å²) in [5, 5.41) is 6.33. The number of hydrogen-bond donors (Lipinski definition) is 2. The first-order chi connectivity index (χ1) is 12.5. The molecular weight excluding hydrogens is 320 g/mol. The Morgan fingerprint density at radius 1 is 1.00 bits per heavy atom. The molecule has 1 fully saturated rings. The summed E-state index contributed by atoms with van der Waals surface area (Å²) in [5.74, 6) is -0.0479. The van der Waals surface area contributed by atoms with Gasteiger partial charge in [0.15, 0.2) is 0 Å². The normalized spacial score (nSPS) is 16.0. The molecule has 3 heteroatoms. The molecule has 3 nitrogen and oxygen atoms in total. The lowest BCUT2D eigenvalue weighted by Crippen LogP contribution is -2.22. The first-order valence-corrected chi connectivity index (χ1v) is 9.38. The fourth-order valence-corrected chi connectivity index (χ4v) is 3.18. The zero-order valence-corrected chi connectivity index (χ0v) is 15.7. The van der Waals surface area contributed by atoms with Crippen molar-refractivity contribution in [2.45, 2.75) is 46.1 Å². The minimum absolute atomic E-state index is 0.0479. The van der Waals surface area contributed by atoms with Crippen LogP contribution in [0.3, 0.4) is 0 Å². The van der Waals surface area contributed by atoms with Crippen LogP contribution in [0, 0.1) is 5.41 Å². The molecule has 0 bridgehead atoms. The maximum absolute atomic E-state index is 12.3. The average Bonchev–Trinajstić information content (AvgIpc) is 2.66. The van der Waals surface area contributed by atoms with Crippen LogP contribution in [0.1, 0.15) is 55.5 Å². The molecule has 136 valence electrons. The van der Waals surface area contributed by atoms with Crippen molar-refractivity contribution >= 4 is 11.6 Å². The largest absolute Gasteiger partial charge is 0.362 e. The van der Waals surface area contributed by atoms with E-state index in [0.717, 1.165) is 11.3 Å². The van der Waals surface area contributed by atoms with E-state index in [2.05, 4.69) is 30.7 Å². The molecule has 1 amide bonds. The summed E-state index contributed by atoms with van der Waals surface area (Å²) in [7, 11) is 0. The lowest BCUT2D eigenvalue weighted by Gasteiger charge is -2.30. The van der Waals surface area contributed by atoms with E-state index in [4.69, 9.17) is 0 Å². The van der Waals surface area contributed by atoms with Crippen LogP contribution in [-0.2, 0) is 6.54 Å². The smallest absolute Gasteiger partial charge is 0.251 e. The summed E-state index contributed by atoms with van der Waals surface area (Å²) in [5.41, 5.74) is 4.75. The number of anilines is 1. The van der Waals surface area contributed by atoms with Crippen LogP contribution in [0.5, 0.6) is 0 Å². The zero-order valence-electron chi connectivity index (χ0n) is 15.7. The molecule has 1 aliphatic carbocycles. The Balaban J connectivity index is 1.51. The van der Waals surface area contributed by atoms with Crippen molar-refractivity contribution in [2.75, 3.05) is 5.32 Å². The van der Waals surface area contributed by atoms with Gasteiger partial charge >= 0.3 is 0 Å². The number of hydrogen-bond acceptors (Lipinski definition) is 2. The number of carbonyl (C=O) groups is 1. The number of nitrogens with one attached hydrogen (secondary N) is 2. The molecule has 0 aromatic heterocycles. The average molecular weight is 348 g/mol. The van der Waals surface area contributed by atoms with E-state index in [1.165, 1.54) is 31.3 Å². The predicted octanol–water partition coefficient (Wildman–Crippen LogP) is 5.51. The van der Waals surface area contributed by atoms with Crippen LogP contribution in [0.2, 0.25) is 0 Å².